The van der Waals surface area contributed by atoms with Crippen molar-refractivity contribution in [1.82, 2.24) is 14.2 Å². The Bertz CT molecular complexity index is 852. The van der Waals surface area contributed by atoms with Crippen molar-refractivity contribution in [3.8, 4) is 0 Å². The highest BCUT2D eigenvalue weighted by molar-refractivity contribution is 7.89. The number of carbonyl (C=O) groups excluding carboxylic acids is 1. The molecule has 0 aliphatic carbocycles. The van der Waals surface area contributed by atoms with Gasteiger partial charge in [0.05, 0.1) is 22.0 Å². The molecule has 0 N–H and O–H groups in total. The van der Waals surface area contributed by atoms with E-state index in [2.05, 4.69) is 4.98 Å². The molecule has 0 atom stereocenters. The van der Waals surface area contributed by atoms with E-state index in [9.17, 15) is 13.2 Å². The van der Waals surface area contributed by atoms with Gasteiger partial charge in [0.1, 0.15) is 0 Å². The fourth-order valence-corrected chi connectivity index (χ4v) is 4.83. The van der Waals surface area contributed by atoms with Crippen LogP contribution >= 0.6 is 11.3 Å². The number of hydrogen-bond donors (Lipinski definition) is 0. The number of amides is 1. The van der Waals surface area contributed by atoms with Crippen LogP contribution in [0.3, 0.4) is 0 Å². The van der Waals surface area contributed by atoms with Gasteiger partial charge in [-0.3, -0.25) is 4.79 Å². The van der Waals surface area contributed by atoms with Crippen LogP contribution < -0.4 is 0 Å². The minimum atomic E-state index is -3.50. The molecule has 0 spiro atoms. The maximum absolute atomic E-state index is 12.7. The van der Waals surface area contributed by atoms with Crippen LogP contribution in [0.5, 0.6) is 0 Å². The van der Waals surface area contributed by atoms with Gasteiger partial charge >= 0.3 is 0 Å². The van der Waals surface area contributed by atoms with Crippen LogP contribution in [0.25, 0.3) is 0 Å². The van der Waals surface area contributed by atoms with Crippen molar-refractivity contribution in [2.24, 2.45) is 0 Å². The van der Waals surface area contributed by atoms with Crippen molar-refractivity contribution < 1.29 is 13.2 Å². The van der Waals surface area contributed by atoms with Gasteiger partial charge in [0.25, 0.3) is 0 Å². The van der Waals surface area contributed by atoms with Crippen molar-refractivity contribution in [3.63, 3.8) is 0 Å². The van der Waals surface area contributed by atoms with Crippen LogP contribution in [0.2, 0.25) is 0 Å². The first-order valence-electron chi connectivity index (χ1n) is 8.12. The predicted octanol–water partition coefficient (Wildman–Crippen LogP) is 1.84. The lowest BCUT2D eigenvalue weighted by atomic mass is 10.2. The number of hydrogen-bond acceptors (Lipinski definition) is 5. The first-order valence-corrected chi connectivity index (χ1v) is 10.4. The van der Waals surface area contributed by atoms with Crippen LogP contribution in [0.4, 0.5) is 0 Å². The van der Waals surface area contributed by atoms with Crippen molar-refractivity contribution >= 4 is 27.3 Å². The molecule has 1 aromatic heterocycles. The van der Waals surface area contributed by atoms with Crippen LogP contribution in [-0.2, 0) is 21.2 Å². The minimum Gasteiger partial charge on any atom is -0.340 e. The zero-order chi connectivity index (χ0) is 18.0. The Kier molecular flexibility index (Phi) is 5.21. The number of rotatable bonds is 4. The standard InChI is InChI=1S/C17H21N3O3S2/c1-13-3-5-16(6-4-13)25(22,23)20-9-7-19(8-10-20)17(21)11-15-12-24-14(2)18-15/h3-6,12H,7-11H2,1-2H3. The Hall–Kier alpha value is -1.77. The van der Waals surface area contributed by atoms with Gasteiger partial charge in [-0.15, -0.1) is 11.3 Å². The molecule has 0 saturated carbocycles. The number of aromatic nitrogens is 1. The molecule has 1 aliphatic rings. The highest BCUT2D eigenvalue weighted by atomic mass is 32.2. The van der Waals surface area contributed by atoms with E-state index in [4.69, 9.17) is 0 Å². The summed E-state index contributed by atoms with van der Waals surface area (Å²) in [6.45, 7) is 5.29. The second-order valence-corrected chi connectivity index (χ2v) is 9.13. The number of piperazine rings is 1. The average molecular weight is 380 g/mol. The molecule has 6 nitrogen and oxygen atoms in total. The van der Waals surface area contributed by atoms with Crippen molar-refractivity contribution in [2.45, 2.75) is 25.2 Å². The zero-order valence-corrected chi connectivity index (χ0v) is 15.9. The van der Waals surface area contributed by atoms with E-state index in [1.54, 1.807) is 29.2 Å². The summed E-state index contributed by atoms with van der Waals surface area (Å²) in [4.78, 5) is 18.7. The SMILES string of the molecule is Cc1ccc(S(=O)(=O)N2CCN(C(=O)Cc3csc(C)n3)CC2)cc1. The van der Waals surface area contributed by atoms with E-state index in [0.29, 0.717) is 31.1 Å². The second-order valence-electron chi connectivity index (χ2n) is 6.13. The fourth-order valence-electron chi connectivity index (χ4n) is 2.79. The van der Waals surface area contributed by atoms with Crippen molar-refractivity contribution in [1.29, 1.82) is 0 Å². The lowest BCUT2D eigenvalue weighted by Gasteiger charge is -2.34. The summed E-state index contributed by atoms with van der Waals surface area (Å²) in [5, 5.41) is 2.84. The van der Waals surface area contributed by atoms with E-state index in [-0.39, 0.29) is 12.3 Å². The zero-order valence-electron chi connectivity index (χ0n) is 14.3. The molecule has 1 amide bonds. The molecule has 0 bridgehead atoms. The molecule has 0 unspecified atom stereocenters. The Morgan fingerprint density at radius 3 is 2.32 bits per heavy atom. The fraction of sp³-hybridized carbons (Fsp3) is 0.412. The molecule has 134 valence electrons. The second kappa shape index (κ2) is 7.23. The molecular weight excluding hydrogens is 358 g/mol. The lowest BCUT2D eigenvalue weighted by Crippen LogP contribution is -2.50. The first kappa shape index (κ1) is 18.0. The number of aryl methyl sites for hydroxylation is 2. The highest BCUT2D eigenvalue weighted by Crippen LogP contribution is 2.19. The van der Waals surface area contributed by atoms with E-state index in [1.807, 2.05) is 19.2 Å². The summed E-state index contributed by atoms with van der Waals surface area (Å²) in [5.74, 6) is -0.00214. The van der Waals surface area contributed by atoms with Crippen molar-refractivity contribution in [3.05, 3.63) is 45.9 Å². The molecule has 1 saturated heterocycles. The van der Waals surface area contributed by atoms with E-state index >= 15 is 0 Å². The predicted molar refractivity (Wildman–Crippen MR) is 97.1 cm³/mol. The summed E-state index contributed by atoms with van der Waals surface area (Å²) in [5.41, 5.74) is 1.80. The third-order valence-corrected chi connectivity index (χ3v) is 6.98. The maximum atomic E-state index is 12.7. The van der Waals surface area contributed by atoms with Crippen molar-refractivity contribution in [2.75, 3.05) is 26.2 Å². The summed E-state index contributed by atoms with van der Waals surface area (Å²) in [6, 6.07) is 6.85. The maximum Gasteiger partial charge on any atom is 0.243 e. The van der Waals surface area contributed by atoms with Gasteiger partial charge in [0.15, 0.2) is 0 Å². The molecule has 0 radical (unpaired) electrons. The third-order valence-electron chi connectivity index (χ3n) is 4.25. The quantitative estimate of drug-likeness (QED) is 0.813. The Morgan fingerprint density at radius 1 is 1.12 bits per heavy atom. The van der Waals surface area contributed by atoms with Gasteiger partial charge < -0.3 is 4.90 Å². The molecule has 25 heavy (non-hydrogen) atoms. The van der Waals surface area contributed by atoms with Gasteiger partial charge in [-0.05, 0) is 26.0 Å². The number of thiazole rings is 1. The smallest absolute Gasteiger partial charge is 0.243 e. The molecule has 2 heterocycles. The van der Waals surface area contributed by atoms with Crippen LogP contribution in [-0.4, -0.2) is 54.7 Å². The van der Waals surface area contributed by atoms with Gasteiger partial charge in [-0.2, -0.15) is 4.31 Å². The van der Waals surface area contributed by atoms with Gasteiger partial charge in [0, 0.05) is 31.6 Å². The minimum absolute atomic E-state index is 0.00214. The van der Waals surface area contributed by atoms with Crippen LogP contribution in [0, 0.1) is 13.8 Å². The summed E-state index contributed by atoms with van der Waals surface area (Å²) < 4.78 is 26.8. The lowest BCUT2D eigenvalue weighted by molar-refractivity contribution is -0.131. The number of nitrogens with zero attached hydrogens (tertiary/aromatic N) is 3. The van der Waals surface area contributed by atoms with E-state index in [0.717, 1.165) is 16.3 Å². The van der Waals surface area contributed by atoms with E-state index in [1.165, 1.54) is 15.6 Å². The Morgan fingerprint density at radius 2 is 1.76 bits per heavy atom. The van der Waals surface area contributed by atoms with Gasteiger partial charge in [0.2, 0.25) is 15.9 Å². The normalized spacial score (nSPS) is 16.2. The summed E-state index contributed by atoms with van der Waals surface area (Å²) >= 11 is 1.53. The van der Waals surface area contributed by atoms with Gasteiger partial charge in [-0.25, -0.2) is 13.4 Å². The molecule has 1 aliphatic heterocycles. The average Bonchev–Trinajstić information content (AvgIpc) is 3.00. The molecule has 1 aromatic carbocycles. The third kappa shape index (κ3) is 4.08. The summed E-state index contributed by atoms with van der Waals surface area (Å²) in [7, 11) is -3.50. The highest BCUT2D eigenvalue weighted by Gasteiger charge is 2.30. The van der Waals surface area contributed by atoms with Crippen LogP contribution in [0.1, 0.15) is 16.3 Å². The Balaban J connectivity index is 1.61. The number of sulfonamides is 1. The number of carbonyl (C=O) groups is 1. The van der Waals surface area contributed by atoms with Gasteiger partial charge in [-0.1, -0.05) is 17.7 Å². The van der Waals surface area contributed by atoms with E-state index < -0.39 is 10.0 Å². The molecule has 3 rings (SSSR count). The molecule has 2 aromatic rings. The topological polar surface area (TPSA) is 70.6 Å². The first-order chi connectivity index (χ1) is 11.9. The Labute approximate surface area is 152 Å². The largest absolute Gasteiger partial charge is 0.340 e. The van der Waals surface area contributed by atoms with Crippen LogP contribution in [0.15, 0.2) is 34.5 Å². The summed E-state index contributed by atoms with van der Waals surface area (Å²) in [6.07, 6.45) is 0.273. The number of benzene rings is 1. The monoisotopic (exact) mass is 379 g/mol. The molecule has 8 heteroatoms. The molecule has 1 fully saturated rings. The molecular formula is C17H21N3O3S2.